The van der Waals surface area contributed by atoms with Gasteiger partial charge in [-0.25, -0.2) is 0 Å². The number of carbonyl (C=O) groups excluding carboxylic acids is 1. The average Bonchev–Trinajstić information content (AvgIpc) is 2.54. The first-order chi connectivity index (χ1) is 10.8. The normalized spacial score (nSPS) is 11.2. The van der Waals surface area contributed by atoms with Crippen LogP contribution in [0, 0.1) is 0 Å². The van der Waals surface area contributed by atoms with Crippen LogP contribution in [-0.2, 0) is 9.53 Å². The van der Waals surface area contributed by atoms with Crippen LogP contribution in [-0.4, -0.2) is 13.1 Å². The molecule has 0 fully saturated rings. The van der Waals surface area contributed by atoms with E-state index in [0.717, 1.165) is 12.8 Å². The number of hydrogen-bond donors (Lipinski definition) is 0. The Hall–Kier alpha value is -0.790. The number of ether oxygens (including phenoxy) is 1. The van der Waals surface area contributed by atoms with Gasteiger partial charge in [0, 0.05) is 6.42 Å². The molecule has 0 N–H and O–H groups in total. The molecule has 0 heterocycles. The zero-order chi connectivity index (χ0) is 16.3. The summed E-state index contributed by atoms with van der Waals surface area (Å²) < 4.78 is 4.63. The molecule has 0 saturated carbocycles. The lowest BCUT2D eigenvalue weighted by Crippen LogP contribution is -1.99. The number of allylic oxidation sites excluding steroid dienone is 2. The van der Waals surface area contributed by atoms with Gasteiger partial charge in [0.2, 0.25) is 0 Å². The lowest BCUT2D eigenvalue weighted by molar-refractivity contribution is -0.140. The van der Waals surface area contributed by atoms with E-state index in [9.17, 15) is 4.79 Å². The van der Waals surface area contributed by atoms with E-state index in [0.29, 0.717) is 6.42 Å². The van der Waals surface area contributed by atoms with Crippen LogP contribution in [0.4, 0.5) is 0 Å². The summed E-state index contributed by atoms with van der Waals surface area (Å²) >= 11 is 0. The minimum absolute atomic E-state index is 0.0736. The van der Waals surface area contributed by atoms with Crippen LogP contribution in [0.5, 0.6) is 0 Å². The molecule has 0 spiro atoms. The molecule has 0 aromatic rings. The van der Waals surface area contributed by atoms with Gasteiger partial charge < -0.3 is 4.74 Å². The molecule has 0 aromatic carbocycles. The zero-order valence-electron chi connectivity index (χ0n) is 15.1. The minimum Gasteiger partial charge on any atom is -0.469 e. The number of methoxy groups -OCH3 is 1. The van der Waals surface area contributed by atoms with E-state index in [2.05, 4.69) is 23.8 Å². The summed E-state index contributed by atoms with van der Waals surface area (Å²) in [7, 11) is 1.46. The van der Waals surface area contributed by atoms with Crippen molar-refractivity contribution in [2.75, 3.05) is 7.11 Å². The number of carbonyl (C=O) groups is 1. The van der Waals surface area contributed by atoms with Crippen molar-refractivity contribution >= 4 is 5.97 Å². The molecule has 0 aliphatic carbocycles. The molecule has 0 aromatic heterocycles. The smallest absolute Gasteiger partial charge is 0.305 e. The summed E-state index contributed by atoms with van der Waals surface area (Å²) in [5.41, 5.74) is 0. The van der Waals surface area contributed by atoms with Gasteiger partial charge in [-0.2, -0.15) is 0 Å². The van der Waals surface area contributed by atoms with Crippen molar-refractivity contribution in [1.82, 2.24) is 0 Å². The van der Waals surface area contributed by atoms with Crippen molar-refractivity contribution in [2.45, 2.75) is 103 Å². The maximum atomic E-state index is 10.9. The Morgan fingerprint density at radius 3 is 1.68 bits per heavy atom. The van der Waals surface area contributed by atoms with Gasteiger partial charge in [-0.3, -0.25) is 4.79 Å². The summed E-state index contributed by atoms with van der Waals surface area (Å²) in [6, 6.07) is 0. The first-order valence-electron chi connectivity index (χ1n) is 9.53. The largest absolute Gasteiger partial charge is 0.469 e. The average molecular weight is 311 g/mol. The van der Waals surface area contributed by atoms with Gasteiger partial charge in [0.1, 0.15) is 0 Å². The summed E-state index contributed by atoms with van der Waals surface area (Å²) in [6.45, 7) is 2.27. The third-order valence-corrected chi connectivity index (χ3v) is 4.12. The molecule has 0 radical (unpaired) electrons. The van der Waals surface area contributed by atoms with E-state index in [-0.39, 0.29) is 5.97 Å². The van der Waals surface area contributed by atoms with Crippen LogP contribution >= 0.6 is 0 Å². The molecule has 22 heavy (non-hydrogen) atoms. The second-order valence-electron chi connectivity index (χ2n) is 6.26. The molecule has 2 nitrogen and oxygen atoms in total. The predicted molar refractivity (Wildman–Crippen MR) is 96.1 cm³/mol. The highest BCUT2D eigenvalue weighted by Gasteiger charge is 1.98. The van der Waals surface area contributed by atoms with E-state index in [1.54, 1.807) is 0 Å². The van der Waals surface area contributed by atoms with Gasteiger partial charge in [0.25, 0.3) is 0 Å². The molecule has 0 rings (SSSR count). The highest BCUT2D eigenvalue weighted by molar-refractivity contribution is 5.68. The maximum absolute atomic E-state index is 10.9. The Morgan fingerprint density at radius 2 is 1.18 bits per heavy atom. The maximum Gasteiger partial charge on any atom is 0.305 e. The fraction of sp³-hybridized carbons (Fsp3) is 0.850. The van der Waals surface area contributed by atoms with Gasteiger partial charge in [0.15, 0.2) is 0 Å². The standard InChI is InChI=1S/C20H38O2/c1-3-4-5-6-7-8-9-10-11-12-13-14-15-16-17-18-19-20(21)22-2/h10-11H,3-9,12-19H2,1-2H3/b11-10-. The predicted octanol–water partition coefficient (Wildman–Crippen LogP) is 6.59. The molecule has 130 valence electrons. The Labute approximate surface area is 138 Å². The lowest BCUT2D eigenvalue weighted by atomic mass is 10.1. The molecule has 0 aliphatic rings. The Kier molecular flexibility index (Phi) is 17.6. The van der Waals surface area contributed by atoms with Gasteiger partial charge in [-0.15, -0.1) is 0 Å². The highest BCUT2D eigenvalue weighted by atomic mass is 16.5. The second-order valence-corrected chi connectivity index (χ2v) is 6.26. The third-order valence-electron chi connectivity index (χ3n) is 4.12. The second kappa shape index (κ2) is 18.3. The van der Waals surface area contributed by atoms with Gasteiger partial charge in [-0.1, -0.05) is 76.9 Å². The first kappa shape index (κ1) is 21.2. The Morgan fingerprint density at radius 1 is 0.727 bits per heavy atom. The highest BCUT2D eigenvalue weighted by Crippen LogP contribution is 2.10. The van der Waals surface area contributed by atoms with Crippen LogP contribution in [0.1, 0.15) is 103 Å². The van der Waals surface area contributed by atoms with Crippen molar-refractivity contribution in [1.29, 1.82) is 0 Å². The molecule has 0 saturated heterocycles. The molecular formula is C20H38O2. The number of rotatable bonds is 16. The van der Waals surface area contributed by atoms with Gasteiger partial charge >= 0.3 is 5.97 Å². The molecule has 0 unspecified atom stereocenters. The first-order valence-corrected chi connectivity index (χ1v) is 9.53. The Balaban J connectivity index is 3.09. The van der Waals surface area contributed by atoms with Crippen molar-refractivity contribution in [2.24, 2.45) is 0 Å². The molecule has 0 aliphatic heterocycles. The lowest BCUT2D eigenvalue weighted by Gasteiger charge is -2.01. The van der Waals surface area contributed by atoms with E-state index in [4.69, 9.17) is 0 Å². The van der Waals surface area contributed by atoms with Crippen molar-refractivity contribution in [3.8, 4) is 0 Å². The molecular weight excluding hydrogens is 272 g/mol. The third kappa shape index (κ3) is 17.3. The van der Waals surface area contributed by atoms with Crippen LogP contribution in [0.2, 0.25) is 0 Å². The molecule has 2 heteroatoms. The molecule has 0 atom stereocenters. The molecule has 0 amide bonds. The molecule has 0 bridgehead atoms. The fourth-order valence-corrected chi connectivity index (χ4v) is 2.62. The summed E-state index contributed by atoms with van der Waals surface area (Å²) in [6.07, 6.45) is 23.5. The van der Waals surface area contributed by atoms with E-state index < -0.39 is 0 Å². The monoisotopic (exact) mass is 310 g/mol. The number of unbranched alkanes of at least 4 members (excludes halogenated alkanes) is 12. The number of hydrogen-bond acceptors (Lipinski definition) is 2. The van der Waals surface area contributed by atoms with Gasteiger partial charge in [-0.05, 0) is 32.1 Å². The van der Waals surface area contributed by atoms with Gasteiger partial charge in [0.05, 0.1) is 7.11 Å². The van der Waals surface area contributed by atoms with Crippen molar-refractivity contribution in [3.63, 3.8) is 0 Å². The summed E-state index contributed by atoms with van der Waals surface area (Å²) in [5, 5.41) is 0. The minimum atomic E-state index is -0.0736. The van der Waals surface area contributed by atoms with Crippen LogP contribution in [0.3, 0.4) is 0 Å². The summed E-state index contributed by atoms with van der Waals surface area (Å²) in [5.74, 6) is -0.0736. The van der Waals surface area contributed by atoms with Crippen LogP contribution in [0.15, 0.2) is 12.2 Å². The van der Waals surface area contributed by atoms with Crippen molar-refractivity contribution < 1.29 is 9.53 Å². The topological polar surface area (TPSA) is 26.3 Å². The Bertz CT molecular complexity index is 258. The number of esters is 1. The van der Waals surface area contributed by atoms with Crippen LogP contribution in [0.25, 0.3) is 0 Å². The van der Waals surface area contributed by atoms with E-state index >= 15 is 0 Å². The van der Waals surface area contributed by atoms with E-state index in [1.807, 2.05) is 0 Å². The van der Waals surface area contributed by atoms with E-state index in [1.165, 1.54) is 84.2 Å². The fourth-order valence-electron chi connectivity index (χ4n) is 2.62. The van der Waals surface area contributed by atoms with Crippen LogP contribution < -0.4 is 0 Å². The van der Waals surface area contributed by atoms with Crippen molar-refractivity contribution in [3.05, 3.63) is 12.2 Å². The summed E-state index contributed by atoms with van der Waals surface area (Å²) in [4.78, 5) is 10.9. The SMILES string of the molecule is CCCCCCCC/C=C\CCCCCCCCC(=O)OC. The quantitative estimate of drug-likeness (QED) is 0.183. The zero-order valence-corrected chi connectivity index (χ0v) is 15.1.